The molecule has 19 heavy (non-hydrogen) atoms. The van der Waals surface area contributed by atoms with Gasteiger partial charge in [0.25, 0.3) is 5.78 Å². The summed E-state index contributed by atoms with van der Waals surface area (Å²) in [5.41, 5.74) is -0.999. The van der Waals surface area contributed by atoms with E-state index >= 15 is 0 Å². The predicted octanol–water partition coefficient (Wildman–Crippen LogP) is 2.38. The lowest BCUT2D eigenvalue weighted by Crippen LogP contribution is -2.29. The maximum Gasteiger partial charge on any atom is 0.454 e. The smallest absolute Gasteiger partial charge is 0.284 e. The number of nitrogens with one attached hydrogen (secondary N) is 1. The highest BCUT2D eigenvalue weighted by atomic mass is 35.5. The lowest BCUT2D eigenvalue weighted by atomic mass is 10.1. The van der Waals surface area contributed by atoms with Crippen molar-refractivity contribution >= 4 is 27.4 Å². The molecule has 0 fully saturated rings. The molecule has 0 unspecified atom stereocenters. The molecule has 0 saturated heterocycles. The average Bonchev–Trinajstić information content (AvgIpc) is 2.26. The Balaban J connectivity index is 3.48. The molecule has 1 aromatic rings. The van der Waals surface area contributed by atoms with Crippen LogP contribution in [0.25, 0.3) is 0 Å². The summed E-state index contributed by atoms with van der Waals surface area (Å²) >= 11 is 5.50. The van der Waals surface area contributed by atoms with Crippen LogP contribution in [0.15, 0.2) is 23.1 Å². The van der Waals surface area contributed by atoms with Crippen LogP contribution in [-0.2, 0) is 10.0 Å². The van der Waals surface area contributed by atoms with Gasteiger partial charge in [-0.15, -0.1) is 0 Å². The molecule has 0 saturated carbocycles. The van der Waals surface area contributed by atoms with Crippen molar-refractivity contribution < 1.29 is 26.4 Å². The summed E-state index contributed by atoms with van der Waals surface area (Å²) in [4.78, 5) is 10.5. The largest absolute Gasteiger partial charge is 0.454 e. The van der Waals surface area contributed by atoms with Gasteiger partial charge in [-0.25, -0.2) is 13.1 Å². The Morgan fingerprint density at radius 1 is 1.37 bits per heavy atom. The van der Waals surface area contributed by atoms with Crippen LogP contribution in [0.4, 0.5) is 13.2 Å². The Bertz CT molecular complexity index is 599. The summed E-state index contributed by atoms with van der Waals surface area (Å²) in [6.07, 6.45) is -5.18. The first-order chi connectivity index (χ1) is 8.59. The molecule has 0 heterocycles. The minimum Gasteiger partial charge on any atom is -0.284 e. The van der Waals surface area contributed by atoms with Crippen LogP contribution in [0.1, 0.15) is 17.3 Å². The summed E-state index contributed by atoms with van der Waals surface area (Å²) in [6, 6.07) is 2.64. The number of alkyl halides is 3. The summed E-state index contributed by atoms with van der Waals surface area (Å²) in [6.45, 7) is 1.43. The Labute approximate surface area is 112 Å². The highest BCUT2D eigenvalue weighted by molar-refractivity contribution is 7.89. The normalized spacial score (nSPS) is 12.5. The highest BCUT2D eigenvalue weighted by Gasteiger charge is 2.41. The Hall–Kier alpha value is -1.12. The first kappa shape index (κ1) is 15.9. The van der Waals surface area contributed by atoms with Crippen molar-refractivity contribution in [2.24, 2.45) is 0 Å². The van der Waals surface area contributed by atoms with E-state index in [-0.39, 0.29) is 11.6 Å². The fraction of sp³-hybridized carbons (Fsp3) is 0.300. The van der Waals surface area contributed by atoms with E-state index in [1.807, 2.05) is 4.72 Å². The number of halogens is 4. The fourth-order valence-corrected chi connectivity index (χ4v) is 2.73. The van der Waals surface area contributed by atoms with E-state index < -0.39 is 32.4 Å². The molecular formula is C10H9ClF3NO3S. The topological polar surface area (TPSA) is 63.2 Å². The number of hydrogen-bond donors (Lipinski definition) is 1. The molecule has 0 aliphatic heterocycles. The third-order valence-electron chi connectivity index (χ3n) is 2.07. The molecule has 0 aliphatic carbocycles. The van der Waals surface area contributed by atoms with Gasteiger partial charge in [-0.3, -0.25) is 4.79 Å². The van der Waals surface area contributed by atoms with Gasteiger partial charge in [0.05, 0.1) is 4.90 Å². The van der Waals surface area contributed by atoms with E-state index in [1.54, 1.807) is 0 Å². The summed E-state index contributed by atoms with van der Waals surface area (Å²) in [7, 11) is -4.19. The molecule has 1 N–H and O–H groups in total. The molecule has 0 amide bonds. The minimum atomic E-state index is -5.18. The molecule has 0 radical (unpaired) electrons. The second kappa shape index (κ2) is 5.48. The number of ketones is 1. The van der Waals surface area contributed by atoms with Crippen LogP contribution in [0.2, 0.25) is 5.02 Å². The average molecular weight is 316 g/mol. The van der Waals surface area contributed by atoms with Crippen molar-refractivity contribution in [1.82, 2.24) is 4.72 Å². The Morgan fingerprint density at radius 3 is 2.42 bits per heavy atom. The monoisotopic (exact) mass is 315 g/mol. The van der Waals surface area contributed by atoms with Gasteiger partial charge in [-0.05, 0) is 18.2 Å². The Morgan fingerprint density at radius 2 is 1.95 bits per heavy atom. The first-order valence-corrected chi connectivity index (χ1v) is 6.86. The van der Waals surface area contributed by atoms with Gasteiger partial charge < -0.3 is 0 Å². The van der Waals surface area contributed by atoms with Gasteiger partial charge in [0, 0.05) is 17.1 Å². The SMILES string of the molecule is CCNS(=O)(=O)c1ccc(Cl)cc1C(=O)C(F)(F)F. The second-order valence-electron chi connectivity index (χ2n) is 3.47. The third-order valence-corrected chi connectivity index (χ3v) is 3.91. The molecule has 4 nitrogen and oxygen atoms in total. The van der Waals surface area contributed by atoms with Crippen LogP contribution in [-0.4, -0.2) is 26.9 Å². The third kappa shape index (κ3) is 3.68. The van der Waals surface area contributed by atoms with Crippen LogP contribution in [0.3, 0.4) is 0 Å². The standard InChI is InChI=1S/C10H9ClF3NO3S/c1-2-15-19(17,18)8-4-3-6(11)5-7(8)9(16)10(12,13)14/h3-5,15H,2H2,1H3. The van der Waals surface area contributed by atoms with Crippen molar-refractivity contribution in [3.8, 4) is 0 Å². The van der Waals surface area contributed by atoms with Crippen LogP contribution >= 0.6 is 11.6 Å². The van der Waals surface area contributed by atoms with Crippen LogP contribution in [0, 0.1) is 0 Å². The van der Waals surface area contributed by atoms with Crippen LogP contribution in [0.5, 0.6) is 0 Å². The van der Waals surface area contributed by atoms with Crippen molar-refractivity contribution in [3.05, 3.63) is 28.8 Å². The maximum absolute atomic E-state index is 12.4. The predicted molar refractivity (Wildman–Crippen MR) is 62.7 cm³/mol. The molecule has 1 rings (SSSR count). The molecule has 0 aromatic heterocycles. The van der Waals surface area contributed by atoms with Gasteiger partial charge in [0.2, 0.25) is 10.0 Å². The van der Waals surface area contributed by atoms with Crippen LogP contribution < -0.4 is 4.72 Å². The quantitative estimate of drug-likeness (QED) is 0.868. The molecule has 0 aliphatic rings. The molecule has 9 heteroatoms. The van der Waals surface area contributed by atoms with Gasteiger partial charge in [-0.1, -0.05) is 18.5 Å². The Kier molecular flexibility index (Phi) is 4.59. The highest BCUT2D eigenvalue weighted by Crippen LogP contribution is 2.28. The molecule has 1 aromatic carbocycles. The van der Waals surface area contributed by atoms with Gasteiger partial charge in [0.15, 0.2) is 0 Å². The molecular weight excluding hydrogens is 307 g/mol. The zero-order chi connectivity index (χ0) is 14.8. The van der Waals surface area contributed by atoms with E-state index in [4.69, 9.17) is 11.6 Å². The van der Waals surface area contributed by atoms with Crippen molar-refractivity contribution in [3.63, 3.8) is 0 Å². The number of rotatable bonds is 4. The first-order valence-electron chi connectivity index (χ1n) is 5.00. The molecule has 0 spiro atoms. The van der Waals surface area contributed by atoms with E-state index in [0.717, 1.165) is 12.1 Å². The summed E-state index contributed by atoms with van der Waals surface area (Å²) in [5.74, 6) is -2.26. The van der Waals surface area contributed by atoms with Gasteiger partial charge in [0.1, 0.15) is 0 Å². The number of sulfonamides is 1. The minimum absolute atomic E-state index is 0.0232. The van der Waals surface area contributed by atoms with Crippen molar-refractivity contribution in [2.45, 2.75) is 18.0 Å². The van der Waals surface area contributed by atoms with E-state index in [9.17, 15) is 26.4 Å². The summed E-state index contributed by atoms with van der Waals surface area (Å²) in [5, 5.41) is -0.164. The van der Waals surface area contributed by atoms with E-state index in [1.165, 1.54) is 6.92 Å². The number of carbonyl (C=O) groups excluding carboxylic acids is 1. The second-order valence-corrected chi connectivity index (χ2v) is 5.64. The van der Waals surface area contributed by atoms with Gasteiger partial charge in [-0.2, -0.15) is 13.2 Å². The zero-order valence-corrected chi connectivity index (χ0v) is 11.2. The lowest BCUT2D eigenvalue weighted by Gasteiger charge is -2.11. The summed E-state index contributed by atoms with van der Waals surface area (Å²) < 4.78 is 62.7. The van der Waals surface area contributed by atoms with E-state index in [0.29, 0.717) is 6.07 Å². The fourth-order valence-electron chi connectivity index (χ4n) is 1.33. The van der Waals surface area contributed by atoms with E-state index in [2.05, 4.69) is 0 Å². The molecule has 0 bridgehead atoms. The number of hydrogen-bond acceptors (Lipinski definition) is 3. The van der Waals surface area contributed by atoms with Gasteiger partial charge >= 0.3 is 6.18 Å². The van der Waals surface area contributed by atoms with Crippen molar-refractivity contribution in [2.75, 3.05) is 6.54 Å². The number of Topliss-reactive ketones (excluding diaryl/α,β-unsaturated/α-hetero) is 1. The molecule has 0 atom stereocenters. The van der Waals surface area contributed by atoms with Crippen molar-refractivity contribution in [1.29, 1.82) is 0 Å². The number of benzene rings is 1. The maximum atomic E-state index is 12.4. The zero-order valence-electron chi connectivity index (χ0n) is 9.58. The number of carbonyl (C=O) groups is 1. The molecule has 106 valence electrons. The lowest BCUT2D eigenvalue weighted by molar-refractivity contribution is -0.0887.